The fourth-order valence-corrected chi connectivity index (χ4v) is 5.52. The lowest BCUT2D eigenvalue weighted by molar-refractivity contribution is 0.134. The van der Waals surface area contributed by atoms with Crippen molar-refractivity contribution in [2.45, 2.75) is 102 Å². The number of unbranched alkanes of at least 4 members (excludes halogenated alkanes) is 10. The van der Waals surface area contributed by atoms with Crippen LogP contribution in [0.4, 0.5) is 0 Å². The van der Waals surface area contributed by atoms with Crippen molar-refractivity contribution in [3.05, 3.63) is 108 Å². The average Bonchev–Trinajstić information content (AvgIpc) is 2.92. The summed E-state index contributed by atoms with van der Waals surface area (Å²) in [7, 11) is 0. The largest absolute Gasteiger partial charge is 0.393 e. The molecule has 0 aliphatic carbocycles. The molecule has 1 heteroatoms. The molecule has 0 fully saturated rings. The standard InChI is InChI=1S/C34H46O/c1-2-3-4-5-6-7-8-9-10-11-21-28-33(35)29-34(30-22-15-12-16-23-30,31-24-17-13-18-25-31)32-26-19-14-20-27-32/h12-20,22-27,33,35H,2-11,21,28-29H2,1H3. The summed E-state index contributed by atoms with van der Waals surface area (Å²) in [6, 6.07) is 32.2. The number of rotatable bonds is 17. The molecule has 1 unspecified atom stereocenters. The molecule has 0 amide bonds. The summed E-state index contributed by atoms with van der Waals surface area (Å²) in [5, 5.41) is 11.3. The van der Waals surface area contributed by atoms with Crippen LogP contribution >= 0.6 is 0 Å². The normalized spacial score (nSPS) is 12.5. The number of hydrogen-bond acceptors (Lipinski definition) is 1. The number of aliphatic hydroxyl groups excluding tert-OH is 1. The van der Waals surface area contributed by atoms with E-state index in [9.17, 15) is 5.11 Å². The van der Waals surface area contributed by atoms with Crippen molar-refractivity contribution < 1.29 is 5.11 Å². The van der Waals surface area contributed by atoms with Crippen molar-refractivity contribution in [1.82, 2.24) is 0 Å². The van der Waals surface area contributed by atoms with Gasteiger partial charge in [-0.3, -0.25) is 0 Å². The van der Waals surface area contributed by atoms with Crippen molar-refractivity contribution in [1.29, 1.82) is 0 Å². The number of aliphatic hydroxyl groups is 1. The molecule has 1 nitrogen and oxygen atoms in total. The Balaban J connectivity index is 1.60. The summed E-state index contributed by atoms with van der Waals surface area (Å²) < 4.78 is 0. The van der Waals surface area contributed by atoms with Gasteiger partial charge in [0, 0.05) is 5.41 Å². The lowest BCUT2D eigenvalue weighted by atomic mass is 9.66. The van der Waals surface area contributed by atoms with Crippen LogP contribution in [0.15, 0.2) is 91.0 Å². The monoisotopic (exact) mass is 470 g/mol. The second-order valence-corrected chi connectivity index (χ2v) is 10.2. The zero-order valence-corrected chi connectivity index (χ0v) is 21.9. The SMILES string of the molecule is CCCCCCCCCCCCCC(O)CC(c1ccccc1)(c1ccccc1)c1ccccc1. The summed E-state index contributed by atoms with van der Waals surface area (Å²) in [5.41, 5.74) is 3.38. The van der Waals surface area contributed by atoms with Gasteiger partial charge >= 0.3 is 0 Å². The third-order valence-corrected chi connectivity index (χ3v) is 7.48. The highest BCUT2D eigenvalue weighted by molar-refractivity contribution is 5.50. The van der Waals surface area contributed by atoms with Crippen LogP contribution in [0.25, 0.3) is 0 Å². The zero-order chi connectivity index (χ0) is 24.6. The van der Waals surface area contributed by atoms with E-state index in [1.165, 1.54) is 80.9 Å². The van der Waals surface area contributed by atoms with E-state index in [4.69, 9.17) is 0 Å². The Bertz CT molecular complexity index is 806. The number of benzene rings is 3. The minimum atomic E-state index is -0.360. The summed E-state index contributed by atoms with van der Waals surface area (Å²) in [6.45, 7) is 2.28. The maximum Gasteiger partial charge on any atom is 0.0555 e. The van der Waals surface area contributed by atoms with Gasteiger partial charge in [-0.25, -0.2) is 0 Å². The molecule has 35 heavy (non-hydrogen) atoms. The quantitative estimate of drug-likeness (QED) is 0.154. The molecule has 0 radical (unpaired) electrons. The van der Waals surface area contributed by atoms with Gasteiger partial charge in [0.05, 0.1) is 6.10 Å². The lowest BCUT2D eigenvalue weighted by Crippen LogP contribution is -2.34. The van der Waals surface area contributed by atoms with Gasteiger partial charge in [-0.2, -0.15) is 0 Å². The minimum absolute atomic E-state index is 0.339. The molecular formula is C34H46O. The average molecular weight is 471 g/mol. The van der Waals surface area contributed by atoms with Crippen molar-refractivity contribution in [2.75, 3.05) is 0 Å². The Morgan fingerprint density at radius 3 is 1.23 bits per heavy atom. The van der Waals surface area contributed by atoms with Crippen LogP contribution < -0.4 is 0 Å². The molecule has 0 saturated carbocycles. The Morgan fingerprint density at radius 2 is 0.857 bits per heavy atom. The Hall–Kier alpha value is -2.38. The molecule has 3 aromatic rings. The van der Waals surface area contributed by atoms with E-state index in [0.717, 1.165) is 12.8 Å². The second kappa shape index (κ2) is 15.6. The Kier molecular flexibility index (Phi) is 12.1. The lowest BCUT2D eigenvalue weighted by Gasteiger charge is -2.38. The van der Waals surface area contributed by atoms with E-state index in [-0.39, 0.29) is 11.5 Å². The highest BCUT2D eigenvalue weighted by Gasteiger charge is 2.37. The Morgan fingerprint density at radius 1 is 0.514 bits per heavy atom. The Labute approximate surface area is 214 Å². The van der Waals surface area contributed by atoms with Gasteiger partial charge in [0.1, 0.15) is 0 Å². The molecule has 0 aliphatic rings. The van der Waals surface area contributed by atoms with Gasteiger partial charge in [0.2, 0.25) is 0 Å². The highest BCUT2D eigenvalue weighted by Crippen LogP contribution is 2.43. The first-order valence-corrected chi connectivity index (χ1v) is 14.1. The second-order valence-electron chi connectivity index (χ2n) is 10.2. The van der Waals surface area contributed by atoms with Gasteiger partial charge in [0.25, 0.3) is 0 Å². The molecule has 0 spiro atoms. The predicted molar refractivity (Wildman–Crippen MR) is 151 cm³/mol. The molecule has 0 aromatic heterocycles. The van der Waals surface area contributed by atoms with E-state index < -0.39 is 0 Å². The third-order valence-electron chi connectivity index (χ3n) is 7.48. The van der Waals surface area contributed by atoms with Gasteiger partial charge in [-0.1, -0.05) is 169 Å². The van der Waals surface area contributed by atoms with E-state index in [2.05, 4.69) is 97.9 Å². The molecule has 0 saturated heterocycles. The summed E-state index contributed by atoms with van der Waals surface area (Å²) in [4.78, 5) is 0. The third kappa shape index (κ3) is 8.36. The molecule has 3 aromatic carbocycles. The fourth-order valence-electron chi connectivity index (χ4n) is 5.52. The molecule has 3 rings (SSSR count). The van der Waals surface area contributed by atoms with E-state index in [1.54, 1.807) is 0 Å². The predicted octanol–water partition coefficient (Wildman–Crippen LogP) is 9.47. The van der Waals surface area contributed by atoms with Gasteiger partial charge < -0.3 is 5.11 Å². The van der Waals surface area contributed by atoms with Crippen LogP contribution in [0, 0.1) is 0 Å². The first-order chi connectivity index (χ1) is 17.3. The first-order valence-electron chi connectivity index (χ1n) is 14.1. The van der Waals surface area contributed by atoms with Crippen LogP contribution in [0.5, 0.6) is 0 Å². The van der Waals surface area contributed by atoms with E-state index in [0.29, 0.717) is 6.42 Å². The van der Waals surface area contributed by atoms with Crippen LogP contribution in [0.1, 0.15) is 107 Å². The smallest absolute Gasteiger partial charge is 0.0555 e. The van der Waals surface area contributed by atoms with Crippen LogP contribution in [0.3, 0.4) is 0 Å². The van der Waals surface area contributed by atoms with Crippen molar-refractivity contribution >= 4 is 0 Å². The molecule has 0 heterocycles. The fraction of sp³-hybridized carbons (Fsp3) is 0.471. The summed E-state index contributed by atoms with van der Waals surface area (Å²) in [5.74, 6) is 0. The summed E-state index contributed by atoms with van der Waals surface area (Å²) in [6.07, 6.45) is 15.9. The number of hydrogen-bond donors (Lipinski definition) is 1. The van der Waals surface area contributed by atoms with E-state index in [1.807, 2.05) is 0 Å². The van der Waals surface area contributed by atoms with Crippen LogP contribution in [0.2, 0.25) is 0 Å². The van der Waals surface area contributed by atoms with Crippen molar-refractivity contribution in [3.63, 3.8) is 0 Å². The minimum Gasteiger partial charge on any atom is -0.393 e. The zero-order valence-electron chi connectivity index (χ0n) is 21.9. The highest BCUT2D eigenvalue weighted by atomic mass is 16.3. The van der Waals surface area contributed by atoms with Gasteiger partial charge in [-0.15, -0.1) is 0 Å². The topological polar surface area (TPSA) is 20.2 Å². The molecule has 0 aliphatic heterocycles. The van der Waals surface area contributed by atoms with Crippen LogP contribution in [-0.4, -0.2) is 11.2 Å². The van der Waals surface area contributed by atoms with Crippen molar-refractivity contribution in [2.24, 2.45) is 0 Å². The maximum atomic E-state index is 11.3. The molecule has 1 atom stereocenters. The van der Waals surface area contributed by atoms with E-state index >= 15 is 0 Å². The molecule has 0 bridgehead atoms. The molecular weight excluding hydrogens is 424 g/mol. The van der Waals surface area contributed by atoms with Crippen molar-refractivity contribution in [3.8, 4) is 0 Å². The molecule has 1 N–H and O–H groups in total. The van der Waals surface area contributed by atoms with Gasteiger partial charge in [-0.05, 0) is 29.5 Å². The first kappa shape index (κ1) is 27.2. The van der Waals surface area contributed by atoms with Crippen LogP contribution in [-0.2, 0) is 5.41 Å². The summed E-state index contributed by atoms with van der Waals surface area (Å²) >= 11 is 0. The van der Waals surface area contributed by atoms with Gasteiger partial charge in [0.15, 0.2) is 0 Å². The maximum absolute atomic E-state index is 11.3. The molecule has 188 valence electrons.